The van der Waals surface area contributed by atoms with Gasteiger partial charge in [0, 0.05) is 18.4 Å². The summed E-state index contributed by atoms with van der Waals surface area (Å²) in [6.45, 7) is 6.21. The topological polar surface area (TPSA) is 61.7 Å². The molecule has 4 atom stereocenters. The second-order valence-corrected chi connectivity index (χ2v) is 10.9. The van der Waals surface area contributed by atoms with Crippen molar-refractivity contribution in [2.75, 3.05) is 7.11 Å². The Hall–Kier alpha value is -1.83. The van der Waals surface area contributed by atoms with Gasteiger partial charge in [-0.25, -0.2) is 0 Å². The van der Waals surface area contributed by atoms with E-state index in [1.165, 1.54) is 12.1 Å². The van der Waals surface area contributed by atoms with Crippen molar-refractivity contribution in [1.29, 1.82) is 0 Å². The van der Waals surface area contributed by atoms with Crippen molar-refractivity contribution >= 4 is 0 Å². The standard InChI is InChI=1S/C27H36F3NO3/c1-15(34-4)24-23(25(33)17-9-11-18(12-10-17)27(28,29)30)21(16-7-5-6-8-16)22-19(31-24)13-26(2,3)14-20(22)32/h9-12,15-16,20,24-25,31-33H,5-8,13-14H2,1-4H3. The molecule has 7 heteroatoms. The van der Waals surface area contributed by atoms with Crippen LogP contribution < -0.4 is 5.32 Å². The van der Waals surface area contributed by atoms with E-state index in [0.29, 0.717) is 12.0 Å². The van der Waals surface area contributed by atoms with Crippen molar-refractivity contribution in [3.05, 3.63) is 57.8 Å². The summed E-state index contributed by atoms with van der Waals surface area (Å²) in [5.74, 6) is 0.202. The molecule has 1 fully saturated rings. The van der Waals surface area contributed by atoms with E-state index < -0.39 is 23.9 Å². The lowest BCUT2D eigenvalue weighted by Crippen LogP contribution is -2.49. The van der Waals surface area contributed by atoms with E-state index in [0.717, 1.165) is 66.7 Å². The van der Waals surface area contributed by atoms with Gasteiger partial charge in [-0.2, -0.15) is 13.2 Å². The zero-order chi connectivity index (χ0) is 24.8. The minimum Gasteiger partial charge on any atom is -0.388 e. The van der Waals surface area contributed by atoms with Crippen LogP contribution in [0.25, 0.3) is 0 Å². The van der Waals surface area contributed by atoms with Crippen LogP contribution in [-0.2, 0) is 10.9 Å². The molecule has 1 aliphatic heterocycles. The highest BCUT2D eigenvalue weighted by molar-refractivity contribution is 5.52. The van der Waals surface area contributed by atoms with Crippen molar-refractivity contribution in [2.24, 2.45) is 11.3 Å². The average molecular weight is 480 g/mol. The fourth-order valence-electron chi connectivity index (χ4n) is 6.06. The zero-order valence-corrected chi connectivity index (χ0v) is 20.4. The van der Waals surface area contributed by atoms with Crippen LogP contribution in [0.2, 0.25) is 0 Å². The molecule has 0 radical (unpaired) electrons. The molecule has 1 aromatic carbocycles. The summed E-state index contributed by atoms with van der Waals surface area (Å²) >= 11 is 0. The van der Waals surface area contributed by atoms with Gasteiger partial charge in [0.25, 0.3) is 0 Å². The fraction of sp³-hybridized carbons (Fsp3) is 0.630. The van der Waals surface area contributed by atoms with Crippen LogP contribution in [0, 0.1) is 11.3 Å². The summed E-state index contributed by atoms with van der Waals surface area (Å²) in [6, 6.07) is 4.39. The number of dihydropyridines is 1. The number of hydrogen-bond acceptors (Lipinski definition) is 4. The summed E-state index contributed by atoms with van der Waals surface area (Å²) in [5, 5.41) is 26.5. The molecule has 4 nitrogen and oxygen atoms in total. The number of methoxy groups -OCH3 is 1. The van der Waals surface area contributed by atoms with Gasteiger partial charge in [-0.1, -0.05) is 38.8 Å². The van der Waals surface area contributed by atoms with Crippen LogP contribution in [0.1, 0.15) is 76.5 Å². The third kappa shape index (κ3) is 4.79. The molecule has 0 aromatic heterocycles. The van der Waals surface area contributed by atoms with Gasteiger partial charge in [-0.05, 0) is 72.8 Å². The lowest BCUT2D eigenvalue weighted by atomic mass is 9.67. The van der Waals surface area contributed by atoms with E-state index in [1.54, 1.807) is 7.11 Å². The first-order valence-electron chi connectivity index (χ1n) is 12.2. The number of allylic oxidation sites excluding steroid dienone is 1. The van der Waals surface area contributed by atoms with Crippen LogP contribution >= 0.6 is 0 Å². The van der Waals surface area contributed by atoms with Crippen LogP contribution in [0.15, 0.2) is 46.7 Å². The maximum atomic E-state index is 13.1. The molecule has 0 amide bonds. The summed E-state index contributed by atoms with van der Waals surface area (Å²) in [4.78, 5) is 0. The minimum absolute atomic E-state index is 0.0730. The van der Waals surface area contributed by atoms with Crippen LogP contribution in [-0.4, -0.2) is 35.6 Å². The van der Waals surface area contributed by atoms with Gasteiger partial charge in [0.1, 0.15) is 6.10 Å². The molecular weight excluding hydrogens is 443 g/mol. The summed E-state index contributed by atoms with van der Waals surface area (Å²) in [7, 11) is 1.62. The number of nitrogens with one attached hydrogen (secondary N) is 1. The van der Waals surface area contributed by atoms with Gasteiger partial charge in [0.15, 0.2) is 0 Å². The Morgan fingerprint density at radius 3 is 2.26 bits per heavy atom. The number of benzene rings is 1. The van der Waals surface area contributed by atoms with Crippen LogP contribution in [0.3, 0.4) is 0 Å². The number of hydrogen-bond donors (Lipinski definition) is 3. The molecule has 1 aromatic rings. The maximum absolute atomic E-state index is 13.1. The quantitative estimate of drug-likeness (QED) is 0.510. The zero-order valence-electron chi connectivity index (χ0n) is 20.4. The van der Waals surface area contributed by atoms with Crippen molar-refractivity contribution < 1.29 is 28.1 Å². The van der Waals surface area contributed by atoms with Gasteiger partial charge < -0.3 is 20.3 Å². The van der Waals surface area contributed by atoms with Gasteiger partial charge in [0.05, 0.1) is 23.8 Å². The fourth-order valence-corrected chi connectivity index (χ4v) is 6.06. The van der Waals surface area contributed by atoms with E-state index in [2.05, 4.69) is 19.2 Å². The van der Waals surface area contributed by atoms with Gasteiger partial charge in [-0.15, -0.1) is 0 Å². The third-order valence-electron chi connectivity index (χ3n) is 7.78. The molecule has 4 rings (SSSR count). The molecule has 2 aliphatic carbocycles. The number of halogens is 3. The summed E-state index contributed by atoms with van der Waals surface area (Å²) < 4.78 is 45.0. The Morgan fingerprint density at radius 2 is 1.71 bits per heavy atom. The first-order valence-corrected chi connectivity index (χ1v) is 12.2. The molecule has 3 N–H and O–H groups in total. The highest BCUT2D eigenvalue weighted by Gasteiger charge is 2.45. The smallest absolute Gasteiger partial charge is 0.388 e. The van der Waals surface area contributed by atoms with Gasteiger partial charge in [-0.3, -0.25) is 0 Å². The van der Waals surface area contributed by atoms with E-state index in [9.17, 15) is 23.4 Å². The van der Waals surface area contributed by atoms with E-state index in [-0.39, 0.29) is 23.5 Å². The summed E-state index contributed by atoms with van der Waals surface area (Å²) in [6.07, 6.45) is -0.967. The largest absolute Gasteiger partial charge is 0.416 e. The minimum atomic E-state index is -4.43. The van der Waals surface area contributed by atoms with Crippen molar-refractivity contribution in [1.82, 2.24) is 5.32 Å². The predicted octanol–water partition coefficient (Wildman–Crippen LogP) is 5.67. The molecule has 1 saturated carbocycles. The van der Waals surface area contributed by atoms with E-state index in [1.807, 2.05) is 6.92 Å². The van der Waals surface area contributed by atoms with Crippen molar-refractivity contribution in [3.8, 4) is 0 Å². The SMILES string of the molecule is COC(C)C1NC2=C(C(C3CCCC3)=C1C(O)c1ccc(C(F)(F)F)cc1)C(O)CC(C)(C)C2. The van der Waals surface area contributed by atoms with Crippen LogP contribution in [0.4, 0.5) is 13.2 Å². The number of alkyl halides is 3. The molecule has 3 aliphatic rings. The number of aliphatic hydroxyl groups excluding tert-OH is 2. The Kier molecular flexibility index (Phi) is 6.93. The Bertz CT molecular complexity index is 958. The Balaban J connectivity index is 1.87. The highest BCUT2D eigenvalue weighted by atomic mass is 19.4. The van der Waals surface area contributed by atoms with Gasteiger partial charge >= 0.3 is 6.18 Å². The number of aliphatic hydroxyl groups is 2. The number of ether oxygens (including phenoxy) is 1. The van der Waals surface area contributed by atoms with Crippen molar-refractivity contribution in [3.63, 3.8) is 0 Å². The molecule has 34 heavy (non-hydrogen) atoms. The Labute approximate surface area is 199 Å². The second-order valence-electron chi connectivity index (χ2n) is 10.9. The molecule has 1 heterocycles. The molecule has 0 saturated heterocycles. The lowest BCUT2D eigenvalue weighted by molar-refractivity contribution is -0.137. The molecule has 0 bridgehead atoms. The van der Waals surface area contributed by atoms with E-state index >= 15 is 0 Å². The highest BCUT2D eigenvalue weighted by Crippen LogP contribution is 2.50. The second kappa shape index (κ2) is 9.32. The monoisotopic (exact) mass is 479 g/mol. The Morgan fingerprint density at radius 1 is 1.09 bits per heavy atom. The van der Waals surface area contributed by atoms with Crippen molar-refractivity contribution in [2.45, 2.75) is 89.8 Å². The van der Waals surface area contributed by atoms with Crippen LogP contribution in [0.5, 0.6) is 0 Å². The summed E-state index contributed by atoms with van der Waals surface area (Å²) in [5.41, 5.74) is 3.19. The average Bonchev–Trinajstić information content (AvgIpc) is 3.30. The number of rotatable bonds is 5. The molecular formula is C27H36F3NO3. The van der Waals surface area contributed by atoms with Gasteiger partial charge in [0.2, 0.25) is 0 Å². The lowest BCUT2D eigenvalue weighted by Gasteiger charge is -2.46. The first kappa shape index (κ1) is 25.3. The molecule has 0 spiro atoms. The normalized spacial score (nSPS) is 27.4. The third-order valence-corrected chi connectivity index (χ3v) is 7.78. The maximum Gasteiger partial charge on any atom is 0.416 e. The molecule has 4 unspecified atom stereocenters. The predicted molar refractivity (Wildman–Crippen MR) is 125 cm³/mol. The van der Waals surface area contributed by atoms with E-state index in [4.69, 9.17) is 4.74 Å². The first-order chi connectivity index (χ1) is 15.9. The molecule has 188 valence electrons.